The summed E-state index contributed by atoms with van der Waals surface area (Å²) in [5.74, 6) is -0.0913. The predicted molar refractivity (Wildman–Crippen MR) is 60.9 cm³/mol. The van der Waals surface area contributed by atoms with E-state index in [4.69, 9.17) is 4.74 Å². The summed E-state index contributed by atoms with van der Waals surface area (Å²) in [4.78, 5) is 19.3. The maximum atomic E-state index is 11.3. The molecule has 0 radical (unpaired) electrons. The summed E-state index contributed by atoms with van der Waals surface area (Å²) in [6.45, 7) is 0. The Morgan fingerprint density at radius 3 is 2.76 bits per heavy atom. The second kappa shape index (κ2) is 5.61. The van der Waals surface area contributed by atoms with Crippen LogP contribution in [0.25, 0.3) is 0 Å². The molecule has 5 heteroatoms. The van der Waals surface area contributed by atoms with Crippen LogP contribution >= 0.6 is 0 Å². The van der Waals surface area contributed by atoms with E-state index in [0.717, 1.165) is 12.8 Å². The molecule has 0 atom stereocenters. The van der Waals surface area contributed by atoms with Crippen molar-refractivity contribution < 1.29 is 14.3 Å². The topological polar surface area (TPSA) is 61.3 Å². The minimum absolute atomic E-state index is 0.181. The number of esters is 1. The van der Waals surface area contributed by atoms with Crippen molar-refractivity contribution in [3.8, 4) is 5.88 Å². The highest BCUT2D eigenvalue weighted by molar-refractivity contribution is 5.86. The van der Waals surface area contributed by atoms with E-state index in [0.29, 0.717) is 5.88 Å². The summed E-state index contributed by atoms with van der Waals surface area (Å²) in [6, 6.07) is 0. The molecule has 17 heavy (non-hydrogen) atoms. The number of rotatable bonds is 3. The number of carbonyl (C=O) groups excluding carboxylic acids is 1. The number of ether oxygens (including phenoxy) is 2. The summed E-state index contributed by atoms with van der Waals surface area (Å²) in [5.41, 5.74) is 0.181. The molecule has 1 aliphatic rings. The van der Waals surface area contributed by atoms with Crippen LogP contribution in [-0.2, 0) is 4.74 Å². The van der Waals surface area contributed by atoms with Crippen molar-refractivity contribution in [2.24, 2.45) is 0 Å². The normalized spacial score (nSPS) is 16.5. The Hall–Kier alpha value is -1.65. The summed E-state index contributed by atoms with van der Waals surface area (Å²) >= 11 is 0. The van der Waals surface area contributed by atoms with Crippen LogP contribution in [0.4, 0.5) is 0 Å². The standard InChI is InChI=1S/C12H16N2O3/c1-16-12(15)10-7-13-8-11(14-10)17-9-5-3-2-4-6-9/h7-9H,2-6H2,1H3. The molecular weight excluding hydrogens is 220 g/mol. The Balaban J connectivity index is 2.02. The molecule has 0 aromatic carbocycles. The fourth-order valence-electron chi connectivity index (χ4n) is 1.96. The van der Waals surface area contributed by atoms with Crippen LogP contribution < -0.4 is 4.74 Å². The highest BCUT2D eigenvalue weighted by Gasteiger charge is 2.16. The van der Waals surface area contributed by atoms with Crippen molar-refractivity contribution >= 4 is 5.97 Å². The van der Waals surface area contributed by atoms with Gasteiger partial charge in [0.15, 0.2) is 5.69 Å². The summed E-state index contributed by atoms with van der Waals surface area (Å²) in [7, 11) is 1.32. The lowest BCUT2D eigenvalue weighted by Crippen LogP contribution is -2.20. The van der Waals surface area contributed by atoms with Gasteiger partial charge in [0.1, 0.15) is 6.10 Å². The number of methoxy groups -OCH3 is 1. The Labute approximate surface area is 100 Å². The average molecular weight is 236 g/mol. The van der Waals surface area contributed by atoms with E-state index >= 15 is 0 Å². The molecule has 1 aromatic rings. The molecule has 0 aliphatic heterocycles. The number of carbonyl (C=O) groups is 1. The molecule has 0 spiro atoms. The van der Waals surface area contributed by atoms with Crippen LogP contribution in [0.2, 0.25) is 0 Å². The first-order chi connectivity index (χ1) is 8.29. The second-order valence-electron chi connectivity index (χ2n) is 4.11. The third kappa shape index (κ3) is 3.15. The molecule has 0 amide bonds. The lowest BCUT2D eigenvalue weighted by molar-refractivity contribution is 0.0590. The molecule has 0 N–H and O–H groups in total. The van der Waals surface area contributed by atoms with Crippen molar-refractivity contribution in [1.29, 1.82) is 0 Å². The van der Waals surface area contributed by atoms with Gasteiger partial charge in [-0.25, -0.2) is 9.78 Å². The quantitative estimate of drug-likeness (QED) is 0.751. The Kier molecular flexibility index (Phi) is 3.90. The maximum absolute atomic E-state index is 11.3. The van der Waals surface area contributed by atoms with E-state index in [9.17, 15) is 4.79 Å². The van der Waals surface area contributed by atoms with Crippen LogP contribution in [0, 0.1) is 0 Å². The molecule has 1 saturated carbocycles. The Morgan fingerprint density at radius 1 is 1.29 bits per heavy atom. The van der Waals surface area contributed by atoms with Crippen LogP contribution in [0.5, 0.6) is 5.88 Å². The minimum Gasteiger partial charge on any atom is -0.473 e. The Morgan fingerprint density at radius 2 is 2.06 bits per heavy atom. The predicted octanol–water partition coefficient (Wildman–Crippen LogP) is 1.97. The zero-order valence-electron chi connectivity index (χ0n) is 9.89. The van der Waals surface area contributed by atoms with Crippen molar-refractivity contribution in [3.63, 3.8) is 0 Å². The van der Waals surface area contributed by atoms with E-state index in [1.54, 1.807) is 0 Å². The third-order valence-electron chi connectivity index (χ3n) is 2.85. The molecule has 0 bridgehead atoms. The van der Waals surface area contributed by atoms with Gasteiger partial charge in [-0.3, -0.25) is 4.98 Å². The van der Waals surface area contributed by atoms with Gasteiger partial charge in [-0.1, -0.05) is 6.42 Å². The van der Waals surface area contributed by atoms with Crippen molar-refractivity contribution in [1.82, 2.24) is 9.97 Å². The highest BCUT2D eigenvalue weighted by atomic mass is 16.5. The van der Waals surface area contributed by atoms with E-state index in [1.807, 2.05) is 0 Å². The molecule has 2 rings (SSSR count). The number of hydrogen-bond acceptors (Lipinski definition) is 5. The second-order valence-corrected chi connectivity index (χ2v) is 4.11. The first-order valence-corrected chi connectivity index (χ1v) is 5.86. The van der Waals surface area contributed by atoms with Crippen molar-refractivity contribution in [2.45, 2.75) is 38.2 Å². The number of nitrogens with zero attached hydrogens (tertiary/aromatic N) is 2. The first kappa shape index (κ1) is 11.8. The molecule has 1 fully saturated rings. The number of aromatic nitrogens is 2. The van der Waals surface area contributed by atoms with Gasteiger partial charge in [-0.05, 0) is 25.7 Å². The minimum atomic E-state index is -0.494. The van der Waals surface area contributed by atoms with Crippen LogP contribution in [0.1, 0.15) is 42.6 Å². The van der Waals surface area contributed by atoms with Gasteiger partial charge in [0.05, 0.1) is 19.5 Å². The zero-order valence-corrected chi connectivity index (χ0v) is 9.89. The monoisotopic (exact) mass is 236 g/mol. The molecular formula is C12H16N2O3. The molecule has 5 nitrogen and oxygen atoms in total. The van der Waals surface area contributed by atoms with E-state index < -0.39 is 5.97 Å². The van der Waals surface area contributed by atoms with Crippen LogP contribution in [0.3, 0.4) is 0 Å². The average Bonchev–Trinajstić information content (AvgIpc) is 2.39. The van der Waals surface area contributed by atoms with Crippen molar-refractivity contribution in [2.75, 3.05) is 7.11 Å². The third-order valence-corrected chi connectivity index (χ3v) is 2.85. The largest absolute Gasteiger partial charge is 0.473 e. The fourth-order valence-corrected chi connectivity index (χ4v) is 1.96. The lowest BCUT2D eigenvalue weighted by atomic mass is 9.98. The molecule has 0 saturated heterocycles. The summed E-state index contributed by atoms with van der Waals surface area (Å²) < 4.78 is 10.3. The van der Waals surface area contributed by atoms with E-state index in [-0.39, 0.29) is 11.8 Å². The molecule has 1 aromatic heterocycles. The maximum Gasteiger partial charge on any atom is 0.358 e. The van der Waals surface area contributed by atoms with E-state index in [1.165, 1.54) is 38.8 Å². The van der Waals surface area contributed by atoms with Gasteiger partial charge in [0.2, 0.25) is 5.88 Å². The van der Waals surface area contributed by atoms with Crippen molar-refractivity contribution in [3.05, 3.63) is 18.1 Å². The van der Waals surface area contributed by atoms with Gasteiger partial charge in [0, 0.05) is 0 Å². The van der Waals surface area contributed by atoms with Crippen LogP contribution in [-0.4, -0.2) is 29.2 Å². The van der Waals surface area contributed by atoms with Gasteiger partial charge >= 0.3 is 5.97 Å². The smallest absolute Gasteiger partial charge is 0.358 e. The molecule has 92 valence electrons. The molecule has 1 aliphatic carbocycles. The summed E-state index contributed by atoms with van der Waals surface area (Å²) in [5, 5.41) is 0. The highest BCUT2D eigenvalue weighted by Crippen LogP contribution is 2.21. The number of hydrogen-bond donors (Lipinski definition) is 0. The van der Waals surface area contributed by atoms with Gasteiger partial charge in [-0.2, -0.15) is 0 Å². The Bertz CT molecular complexity index is 389. The lowest BCUT2D eigenvalue weighted by Gasteiger charge is -2.22. The molecule has 0 unspecified atom stereocenters. The molecule has 1 heterocycles. The van der Waals surface area contributed by atoms with Crippen LogP contribution in [0.15, 0.2) is 12.4 Å². The SMILES string of the molecule is COC(=O)c1cncc(OC2CCCCC2)n1. The fraction of sp³-hybridized carbons (Fsp3) is 0.583. The van der Waals surface area contributed by atoms with Gasteiger partial charge in [0.25, 0.3) is 0 Å². The van der Waals surface area contributed by atoms with Gasteiger partial charge < -0.3 is 9.47 Å². The first-order valence-electron chi connectivity index (χ1n) is 5.86. The summed E-state index contributed by atoms with van der Waals surface area (Å²) in [6.07, 6.45) is 8.84. The van der Waals surface area contributed by atoms with Gasteiger partial charge in [-0.15, -0.1) is 0 Å². The zero-order chi connectivity index (χ0) is 12.1. The van der Waals surface area contributed by atoms with E-state index in [2.05, 4.69) is 14.7 Å².